The van der Waals surface area contributed by atoms with Crippen molar-refractivity contribution >= 4 is 64.9 Å². The van der Waals surface area contributed by atoms with Crippen LogP contribution in [-0.4, -0.2) is 9.55 Å². The average Bonchev–Trinajstić information content (AvgIpc) is 3.55. The van der Waals surface area contributed by atoms with Crippen molar-refractivity contribution in [3.63, 3.8) is 0 Å². The van der Waals surface area contributed by atoms with Gasteiger partial charge < -0.3 is 0 Å². The van der Waals surface area contributed by atoms with Gasteiger partial charge in [0.25, 0.3) is 0 Å². The molecule has 0 bridgehead atoms. The number of fused-ring (bicyclic) bond motifs is 6. The minimum Gasteiger partial charge on any atom is -0.296 e. The fraction of sp³-hybridized carbons (Fsp3) is 0.0426. The minimum atomic E-state index is 0.879. The number of nitrogens with zero attached hydrogens (tertiary/aromatic N) is 2. The molecule has 10 aromatic rings. The highest BCUT2D eigenvalue weighted by Gasteiger charge is 2.16. The largest absolute Gasteiger partial charge is 0.296 e. The number of aryl methyl sites for hydroxylation is 1. The molecule has 0 radical (unpaired) electrons. The Bertz CT molecular complexity index is 2890. The number of para-hydroxylation sites is 2. The lowest BCUT2D eigenvalue weighted by Gasteiger charge is -2.17. The molecule has 2 heteroatoms. The summed E-state index contributed by atoms with van der Waals surface area (Å²) < 4.78 is 2.28. The molecule has 0 aliphatic heterocycles. The molecule has 0 N–H and O–H groups in total. The van der Waals surface area contributed by atoms with E-state index in [0.29, 0.717) is 0 Å². The highest BCUT2D eigenvalue weighted by molar-refractivity contribution is 6.34. The van der Waals surface area contributed by atoms with Gasteiger partial charge in [-0.25, -0.2) is 4.98 Å². The quantitative estimate of drug-likeness (QED) is 0.178. The number of hydrogen-bond acceptors (Lipinski definition) is 1. The van der Waals surface area contributed by atoms with E-state index in [9.17, 15) is 0 Å². The highest BCUT2D eigenvalue weighted by Crippen LogP contribution is 2.43. The molecule has 1 heterocycles. The second kappa shape index (κ2) is 10.9. The van der Waals surface area contributed by atoms with Crippen LogP contribution in [0.5, 0.6) is 0 Å². The summed E-state index contributed by atoms with van der Waals surface area (Å²) in [4.78, 5) is 4.87. The third-order valence-corrected chi connectivity index (χ3v) is 10.3. The van der Waals surface area contributed by atoms with Gasteiger partial charge in [0.15, 0.2) is 0 Å². The topological polar surface area (TPSA) is 17.8 Å². The molecule has 0 fully saturated rings. The molecular formula is C47H32N2. The smallest absolute Gasteiger partial charge is 0.114 e. The normalized spacial score (nSPS) is 11.9. The summed E-state index contributed by atoms with van der Waals surface area (Å²) in [6.45, 7) is 2.17. The van der Waals surface area contributed by atoms with Crippen LogP contribution in [0.1, 0.15) is 12.7 Å². The Labute approximate surface area is 284 Å². The Morgan fingerprint density at radius 2 is 0.959 bits per heavy atom. The van der Waals surface area contributed by atoms with Crippen molar-refractivity contribution < 1.29 is 0 Å². The Balaban J connectivity index is 1.14. The average molecular weight is 625 g/mol. The predicted octanol–water partition coefficient (Wildman–Crippen LogP) is 12.7. The van der Waals surface area contributed by atoms with Gasteiger partial charge in [0.05, 0.1) is 11.0 Å². The van der Waals surface area contributed by atoms with Crippen molar-refractivity contribution in [1.82, 2.24) is 9.55 Å². The minimum absolute atomic E-state index is 0.879. The van der Waals surface area contributed by atoms with Crippen LogP contribution in [0.15, 0.2) is 164 Å². The second-order valence-corrected chi connectivity index (χ2v) is 13.0. The van der Waals surface area contributed by atoms with Crippen LogP contribution in [0.3, 0.4) is 0 Å². The molecule has 0 spiro atoms. The maximum atomic E-state index is 4.87. The summed E-state index contributed by atoms with van der Waals surface area (Å²) in [7, 11) is 0. The first-order chi connectivity index (χ1) is 24.3. The molecule has 10 rings (SSSR count). The maximum Gasteiger partial charge on any atom is 0.114 e. The van der Waals surface area contributed by atoms with Crippen LogP contribution in [0.2, 0.25) is 0 Å². The third-order valence-electron chi connectivity index (χ3n) is 10.3. The van der Waals surface area contributed by atoms with Gasteiger partial charge >= 0.3 is 0 Å². The molecule has 0 saturated carbocycles. The van der Waals surface area contributed by atoms with Crippen molar-refractivity contribution in [2.24, 2.45) is 0 Å². The van der Waals surface area contributed by atoms with Gasteiger partial charge in [0.2, 0.25) is 0 Å². The molecule has 0 aliphatic rings. The van der Waals surface area contributed by atoms with Gasteiger partial charge in [-0.1, -0.05) is 140 Å². The molecule has 0 amide bonds. The van der Waals surface area contributed by atoms with Crippen LogP contribution in [0.4, 0.5) is 0 Å². The summed E-state index contributed by atoms with van der Waals surface area (Å²) in [5, 5.41) is 12.9. The van der Waals surface area contributed by atoms with Crippen LogP contribution in [-0.2, 0) is 6.42 Å². The second-order valence-electron chi connectivity index (χ2n) is 13.0. The van der Waals surface area contributed by atoms with Crippen molar-refractivity contribution in [1.29, 1.82) is 0 Å². The highest BCUT2D eigenvalue weighted by atomic mass is 15.1. The molecule has 1 aromatic heterocycles. The first-order valence-corrected chi connectivity index (χ1v) is 17.1. The van der Waals surface area contributed by atoms with E-state index in [4.69, 9.17) is 4.98 Å². The molecular weight excluding hydrogens is 593 g/mol. The SMILES string of the molecule is CCc1nc2ccccc2n1-c1ccc(-c2ccc(-c3cc4cccc5c6ccccc6c6ccccc6c6cccc3c6c45)cc2)cc1. The van der Waals surface area contributed by atoms with Gasteiger partial charge in [-0.3, -0.25) is 4.57 Å². The van der Waals surface area contributed by atoms with Crippen LogP contribution in [0.25, 0.3) is 92.8 Å². The maximum absolute atomic E-state index is 4.87. The lowest BCUT2D eigenvalue weighted by molar-refractivity contribution is 0.908. The van der Waals surface area contributed by atoms with Gasteiger partial charge in [0.1, 0.15) is 5.82 Å². The van der Waals surface area contributed by atoms with Gasteiger partial charge in [-0.15, -0.1) is 0 Å². The molecule has 2 nitrogen and oxygen atoms in total. The zero-order valence-electron chi connectivity index (χ0n) is 27.2. The first-order valence-electron chi connectivity index (χ1n) is 17.1. The molecule has 0 unspecified atom stereocenters. The summed E-state index contributed by atoms with van der Waals surface area (Å²) in [6, 6.07) is 60.1. The van der Waals surface area contributed by atoms with E-state index >= 15 is 0 Å². The van der Waals surface area contributed by atoms with Crippen molar-refractivity contribution in [3.8, 4) is 27.9 Å². The first kappa shape index (κ1) is 27.8. The number of rotatable bonds is 4. The van der Waals surface area contributed by atoms with E-state index in [0.717, 1.165) is 29.0 Å². The standard InChI is InChI=1S/C47H32N2/c1-2-45-48-43-19-7-8-20-44(43)49(45)34-27-25-31(26-28-34)30-21-23-32(24-22-30)42-29-33-11-9-16-39-37-14-5-3-12-35(37)36-13-4-6-15-38(36)40-17-10-18-41(42)47(40)46(33)39/h3-29H,2H2,1H3. The van der Waals surface area contributed by atoms with Crippen LogP contribution < -0.4 is 0 Å². The van der Waals surface area contributed by atoms with E-state index < -0.39 is 0 Å². The van der Waals surface area contributed by atoms with Crippen LogP contribution in [0, 0.1) is 0 Å². The van der Waals surface area contributed by atoms with Crippen LogP contribution >= 0.6 is 0 Å². The van der Waals surface area contributed by atoms with Crippen molar-refractivity contribution in [2.75, 3.05) is 0 Å². The summed E-state index contributed by atoms with van der Waals surface area (Å²) in [6.07, 6.45) is 0.879. The van der Waals surface area contributed by atoms with Gasteiger partial charge in [-0.05, 0) is 106 Å². The Morgan fingerprint density at radius 1 is 0.449 bits per heavy atom. The molecule has 0 aliphatic carbocycles. The number of imidazole rings is 1. The number of hydrogen-bond donors (Lipinski definition) is 0. The van der Waals surface area contributed by atoms with E-state index in [-0.39, 0.29) is 0 Å². The van der Waals surface area contributed by atoms with Gasteiger partial charge in [-0.2, -0.15) is 0 Å². The Morgan fingerprint density at radius 3 is 1.63 bits per heavy atom. The predicted molar refractivity (Wildman–Crippen MR) is 209 cm³/mol. The lowest BCUT2D eigenvalue weighted by Crippen LogP contribution is -1.99. The van der Waals surface area contributed by atoms with Crippen molar-refractivity contribution in [3.05, 3.63) is 170 Å². The summed E-state index contributed by atoms with van der Waals surface area (Å²) in [5.74, 6) is 1.08. The fourth-order valence-electron chi connectivity index (χ4n) is 8.09. The lowest BCUT2D eigenvalue weighted by atomic mass is 9.87. The van der Waals surface area contributed by atoms with E-state index in [1.165, 1.54) is 76.1 Å². The third kappa shape index (κ3) is 4.24. The Hall–Kier alpha value is -6.25. The van der Waals surface area contributed by atoms with E-state index in [1.807, 2.05) is 0 Å². The molecule has 49 heavy (non-hydrogen) atoms. The molecule has 0 atom stereocenters. The molecule has 9 aromatic carbocycles. The number of benzene rings is 8. The van der Waals surface area contributed by atoms with Gasteiger partial charge in [0, 0.05) is 12.1 Å². The summed E-state index contributed by atoms with van der Waals surface area (Å²) in [5.41, 5.74) is 8.20. The Kier molecular flexibility index (Phi) is 6.19. The molecule has 0 saturated heterocycles. The molecule has 230 valence electrons. The van der Waals surface area contributed by atoms with E-state index in [1.54, 1.807) is 0 Å². The zero-order chi connectivity index (χ0) is 32.5. The fourth-order valence-corrected chi connectivity index (χ4v) is 8.09. The van der Waals surface area contributed by atoms with Crippen molar-refractivity contribution in [2.45, 2.75) is 13.3 Å². The van der Waals surface area contributed by atoms with E-state index in [2.05, 4.69) is 175 Å². The zero-order valence-corrected chi connectivity index (χ0v) is 27.2. The number of aromatic nitrogens is 2. The summed E-state index contributed by atoms with van der Waals surface area (Å²) >= 11 is 0. The monoisotopic (exact) mass is 624 g/mol.